The van der Waals surface area contributed by atoms with E-state index in [2.05, 4.69) is 26.1 Å². The SMILES string of the molecule is C/C(=N/NC(=O)c1ccco1)c1cccc(-n2cnnn2)c1. The first-order chi connectivity index (χ1) is 10.7. The van der Waals surface area contributed by atoms with E-state index in [9.17, 15) is 4.79 Å². The first kappa shape index (κ1) is 13.7. The second kappa shape index (κ2) is 6.00. The van der Waals surface area contributed by atoms with Gasteiger partial charge in [-0.2, -0.15) is 5.10 Å². The van der Waals surface area contributed by atoms with Crippen molar-refractivity contribution >= 4 is 11.6 Å². The van der Waals surface area contributed by atoms with Gasteiger partial charge in [0, 0.05) is 0 Å². The maximum atomic E-state index is 11.8. The molecule has 8 nitrogen and oxygen atoms in total. The van der Waals surface area contributed by atoms with Gasteiger partial charge in [-0.05, 0) is 47.2 Å². The molecule has 0 aliphatic heterocycles. The number of aromatic nitrogens is 4. The number of hydrogen-bond acceptors (Lipinski definition) is 6. The number of tetrazole rings is 1. The van der Waals surface area contributed by atoms with Gasteiger partial charge in [0.15, 0.2) is 5.76 Å². The summed E-state index contributed by atoms with van der Waals surface area (Å²) in [6.07, 6.45) is 2.94. The van der Waals surface area contributed by atoms with E-state index < -0.39 is 5.91 Å². The first-order valence-electron chi connectivity index (χ1n) is 6.46. The number of hydrazone groups is 1. The lowest BCUT2D eigenvalue weighted by Crippen LogP contribution is -2.18. The van der Waals surface area contributed by atoms with Crippen LogP contribution in [0.15, 0.2) is 58.5 Å². The van der Waals surface area contributed by atoms with E-state index in [0.717, 1.165) is 11.3 Å². The van der Waals surface area contributed by atoms with Crippen LogP contribution < -0.4 is 5.43 Å². The zero-order chi connectivity index (χ0) is 15.4. The van der Waals surface area contributed by atoms with Crippen LogP contribution in [0, 0.1) is 0 Å². The molecule has 22 heavy (non-hydrogen) atoms. The Kier molecular flexibility index (Phi) is 3.73. The molecule has 2 aromatic heterocycles. The molecule has 0 fully saturated rings. The molecule has 3 aromatic rings. The van der Waals surface area contributed by atoms with Crippen molar-refractivity contribution in [2.75, 3.05) is 0 Å². The molecule has 0 radical (unpaired) electrons. The van der Waals surface area contributed by atoms with Crippen molar-refractivity contribution in [1.82, 2.24) is 25.6 Å². The van der Waals surface area contributed by atoms with E-state index in [4.69, 9.17) is 4.42 Å². The molecule has 0 saturated heterocycles. The van der Waals surface area contributed by atoms with Crippen molar-refractivity contribution in [3.05, 3.63) is 60.3 Å². The molecule has 110 valence electrons. The van der Waals surface area contributed by atoms with Crippen molar-refractivity contribution in [1.29, 1.82) is 0 Å². The van der Waals surface area contributed by atoms with Gasteiger partial charge in [0.25, 0.3) is 0 Å². The second-order valence-corrected chi connectivity index (χ2v) is 4.42. The van der Waals surface area contributed by atoms with Gasteiger partial charge in [-0.15, -0.1) is 5.10 Å². The molecule has 1 amide bonds. The average molecular weight is 296 g/mol. The predicted octanol–water partition coefficient (Wildman–Crippen LogP) is 1.41. The van der Waals surface area contributed by atoms with Gasteiger partial charge in [0.2, 0.25) is 0 Å². The number of carbonyl (C=O) groups excluding carboxylic acids is 1. The summed E-state index contributed by atoms with van der Waals surface area (Å²) in [6.45, 7) is 1.79. The van der Waals surface area contributed by atoms with Crippen molar-refractivity contribution < 1.29 is 9.21 Å². The standard InChI is InChI=1S/C14H12N6O2/c1-10(16-17-14(21)13-6-3-7-22-13)11-4-2-5-12(8-11)20-9-15-18-19-20/h2-9H,1H3,(H,17,21)/b16-10-. The molecule has 0 aliphatic carbocycles. The third-order valence-electron chi connectivity index (χ3n) is 2.95. The lowest BCUT2D eigenvalue weighted by Gasteiger charge is -2.04. The summed E-state index contributed by atoms with van der Waals surface area (Å²) in [5.41, 5.74) is 4.73. The maximum absolute atomic E-state index is 11.8. The molecular formula is C14H12N6O2. The molecule has 0 atom stereocenters. The van der Waals surface area contributed by atoms with Crippen LogP contribution in [0.3, 0.4) is 0 Å². The monoisotopic (exact) mass is 296 g/mol. The van der Waals surface area contributed by atoms with Gasteiger partial charge < -0.3 is 4.42 Å². The number of hydrogen-bond donors (Lipinski definition) is 1. The minimum absolute atomic E-state index is 0.207. The van der Waals surface area contributed by atoms with E-state index in [1.807, 2.05) is 24.3 Å². The molecule has 0 unspecified atom stereocenters. The van der Waals surface area contributed by atoms with Crippen molar-refractivity contribution in [2.45, 2.75) is 6.92 Å². The van der Waals surface area contributed by atoms with Crippen molar-refractivity contribution in [2.24, 2.45) is 5.10 Å². The Morgan fingerprint density at radius 1 is 1.32 bits per heavy atom. The molecule has 2 heterocycles. The highest BCUT2D eigenvalue weighted by Gasteiger charge is 2.07. The Balaban J connectivity index is 1.77. The predicted molar refractivity (Wildman–Crippen MR) is 77.5 cm³/mol. The Labute approximate surface area is 125 Å². The van der Waals surface area contributed by atoms with Crippen molar-refractivity contribution in [3.63, 3.8) is 0 Å². The van der Waals surface area contributed by atoms with E-state index in [0.29, 0.717) is 5.71 Å². The first-order valence-corrected chi connectivity index (χ1v) is 6.46. The fourth-order valence-electron chi connectivity index (χ4n) is 1.82. The number of furan rings is 1. The number of carbonyl (C=O) groups is 1. The largest absolute Gasteiger partial charge is 0.459 e. The Morgan fingerprint density at radius 2 is 2.23 bits per heavy atom. The van der Waals surface area contributed by atoms with Crippen LogP contribution in [0.2, 0.25) is 0 Å². The quantitative estimate of drug-likeness (QED) is 0.579. The van der Waals surface area contributed by atoms with Crippen LogP contribution in [0.25, 0.3) is 5.69 Å². The van der Waals surface area contributed by atoms with E-state index in [1.165, 1.54) is 17.3 Å². The van der Waals surface area contributed by atoms with Gasteiger partial charge in [-0.1, -0.05) is 12.1 Å². The van der Waals surface area contributed by atoms with Crippen LogP contribution in [-0.4, -0.2) is 31.8 Å². The smallest absolute Gasteiger partial charge is 0.307 e. The fraction of sp³-hybridized carbons (Fsp3) is 0.0714. The molecule has 3 rings (SSSR count). The van der Waals surface area contributed by atoms with Crippen LogP contribution in [0.1, 0.15) is 23.0 Å². The third-order valence-corrected chi connectivity index (χ3v) is 2.95. The van der Waals surface area contributed by atoms with Gasteiger partial charge >= 0.3 is 5.91 Å². The summed E-state index contributed by atoms with van der Waals surface area (Å²) in [5, 5.41) is 15.1. The van der Waals surface area contributed by atoms with E-state index >= 15 is 0 Å². The lowest BCUT2D eigenvalue weighted by atomic mass is 10.1. The topological polar surface area (TPSA) is 98.2 Å². The summed E-state index contributed by atoms with van der Waals surface area (Å²) in [6, 6.07) is 10.7. The van der Waals surface area contributed by atoms with Gasteiger partial charge in [-0.25, -0.2) is 10.1 Å². The number of rotatable bonds is 4. The van der Waals surface area contributed by atoms with Gasteiger partial charge in [0.1, 0.15) is 6.33 Å². The summed E-state index contributed by atoms with van der Waals surface area (Å²) in [5.74, 6) is -0.194. The van der Waals surface area contributed by atoms with Crippen LogP contribution in [0.4, 0.5) is 0 Å². The summed E-state index contributed by atoms with van der Waals surface area (Å²) < 4.78 is 6.53. The van der Waals surface area contributed by atoms with E-state index in [-0.39, 0.29) is 5.76 Å². The molecule has 8 heteroatoms. The molecule has 0 aliphatic rings. The zero-order valence-corrected chi connectivity index (χ0v) is 11.7. The highest BCUT2D eigenvalue weighted by molar-refractivity contribution is 6.00. The molecule has 0 bridgehead atoms. The number of benzene rings is 1. The maximum Gasteiger partial charge on any atom is 0.307 e. The average Bonchev–Trinajstić information content (AvgIpc) is 3.25. The normalized spacial score (nSPS) is 11.4. The Bertz CT molecular complexity index is 793. The molecule has 0 spiro atoms. The second-order valence-electron chi connectivity index (χ2n) is 4.42. The Hall–Kier alpha value is -3.29. The van der Waals surface area contributed by atoms with E-state index in [1.54, 1.807) is 19.1 Å². The van der Waals surface area contributed by atoms with Gasteiger partial charge in [-0.3, -0.25) is 4.79 Å². The minimum Gasteiger partial charge on any atom is -0.459 e. The Morgan fingerprint density at radius 3 is 2.95 bits per heavy atom. The lowest BCUT2D eigenvalue weighted by molar-refractivity contribution is 0.0927. The molecule has 0 saturated carbocycles. The number of amides is 1. The zero-order valence-electron chi connectivity index (χ0n) is 11.7. The van der Waals surface area contributed by atoms with Crippen LogP contribution in [0.5, 0.6) is 0 Å². The fourth-order valence-corrected chi connectivity index (χ4v) is 1.82. The molecular weight excluding hydrogens is 284 g/mol. The van der Waals surface area contributed by atoms with Crippen LogP contribution in [-0.2, 0) is 0 Å². The minimum atomic E-state index is -0.402. The number of nitrogens with zero attached hydrogens (tertiary/aromatic N) is 5. The summed E-state index contributed by atoms with van der Waals surface area (Å²) in [4.78, 5) is 11.8. The third kappa shape index (κ3) is 2.90. The van der Waals surface area contributed by atoms with Gasteiger partial charge in [0.05, 0.1) is 17.7 Å². The highest BCUT2D eigenvalue weighted by atomic mass is 16.3. The molecule has 1 aromatic carbocycles. The number of nitrogens with one attached hydrogen (secondary N) is 1. The molecule has 1 N–H and O–H groups in total. The van der Waals surface area contributed by atoms with Crippen LogP contribution >= 0.6 is 0 Å². The summed E-state index contributed by atoms with van der Waals surface area (Å²) >= 11 is 0. The van der Waals surface area contributed by atoms with Crippen molar-refractivity contribution in [3.8, 4) is 5.69 Å². The highest BCUT2D eigenvalue weighted by Crippen LogP contribution is 2.09. The summed E-state index contributed by atoms with van der Waals surface area (Å²) in [7, 11) is 0.